The van der Waals surface area contributed by atoms with Gasteiger partial charge in [-0.05, 0) is 30.2 Å². The third-order valence-electron chi connectivity index (χ3n) is 2.72. The number of ether oxygens (including phenoxy) is 1. The van der Waals surface area contributed by atoms with Gasteiger partial charge in [-0.25, -0.2) is 0 Å². The molecule has 0 atom stereocenters. The minimum atomic E-state index is -0.513. The Labute approximate surface area is 121 Å². The van der Waals surface area contributed by atoms with Crippen LogP contribution in [-0.4, -0.2) is 12.5 Å². The fourth-order valence-electron chi connectivity index (χ4n) is 1.78. The Morgan fingerprint density at radius 1 is 1.35 bits per heavy atom. The average molecular weight is 288 g/mol. The van der Waals surface area contributed by atoms with E-state index in [0.29, 0.717) is 17.2 Å². The van der Waals surface area contributed by atoms with Crippen LogP contribution in [0.3, 0.4) is 0 Å². The molecule has 1 aromatic carbocycles. The van der Waals surface area contributed by atoms with Gasteiger partial charge < -0.3 is 16.2 Å². The second-order valence-corrected chi connectivity index (χ2v) is 5.43. The molecule has 5 heteroatoms. The third-order valence-corrected chi connectivity index (χ3v) is 3.53. The highest BCUT2D eigenvalue weighted by atomic mass is 32.1. The van der Waals surface area contributed by atoms with Gasteiger partial charge in [-0.3, -0.25) is 4.79 Å². The molecule has 0 aliphatic heterocycles. The van der Waals surface area contributed by atoms with E-state index in [-0.39, 0.29) is 0 Å². The molecule has 4 N–H and O–H groups in total. The summed E-state index contributed by atoms with van der Waals surface area (Å²) in [6.07, 6.45) is 0. The van der Waals surface area contributed by atoms with Gasteiger partial charge in [0.2, 0.25) is 0 Å². The van der Waals surface area contributed by atoms with E-state index in [4.69, 9.17) is 16.2 Å². The Morgan fingerprint density at radius 3 is 2.55 bits per heavy atom. The summed E-state index contributed by atoms with van der Waals surface area (Å²) in [5.41, 5.74) is 14.1. The standard InChI is InChI=1S/C15H16N2O2S/c1-9(2)7-19-11-5-3-10(4-6-11)12-8-20-15(17)13(12)14(16)18/h3-6,8H,1,7,17H2,2H3,(H2,16,18). The zero-order chi connectivity index (χ0) is 14.7. The average Bonchev–Trinajstić information content (AvgIpc) is 2.79. The van der Waals surface area contributed by atoms with Crippen LogP contribution in [-0.2, 0) is 0 Å². The van der Waals surface area contributed by atoms with E-state index in [2.05, 4.69) is 6.58 Å². The van der Waals surface area contributed by atoms with Crippen molar-refractivity contribution < 1.29 is 9.53 Å². The molecule has 1 heterocycles. The van der Waals surface area contributed by atoms with E-state index in [0.717, 1.165) is 22.4 Å². The molecule has 2 rings (SSSR count). The van der Waals surface area contributed by atoms with E-state index in [1.54, 1.807) is 0 Å². The first kappa shape index (κ1) is 14.1. The Balaban J connectivity index is 2.26. The van der Waals surface area contributed by atoms with Gasteiger partial charge in [-0.2, -0.15) is 0 Å². The van der Waals surface area contributed by atoms with Gasteiger partial charge in [0.25, 0.3) is 5.91 Å². The van der Waals surface area contributed by atoms with Gasteiger partial charge in [-0.1, -0.05) is 18.7 Å². The largest absolute Gasteiger partial charge is 0.489 e. The highest BCUT2D eigenvalue weighted by Crippen LogP contribution is 2.33. The van der Waals surface area contributed by atoms with Crippen molar-refractivity contribution in [3.8, 4) is 16.9 Å². The number of carbonyl (C=O) groups is 1. The molecular weight excluding hydrogens is 272 g/mol. The minimum Gasteiger partial charge on any atom is -0.489 e. The zero-order valence-electron chi connectivity index (χ0n) is 11.2. The number of nitrogen functional groups attached to an aromatic ring is 1. The van der Waals surface area contributed by atoms with Crippen LogP contribution in [0.15, 0.2) is 41.8 Å². The summed E-state index contributed by atoms with van der Waals surface area (Å²) >= 11 is 1.31. The Morgan fingerprint density at radius 2 is 2.00 bits per heavy atom. The number of anilines is 1. The first-order valence-electron chi connectivity index (χ1n) is 6.03. The van der Waals surface area contributed by atoms with Crippen LogP contribution < -0.4 is 16.2 Å². The molecule has 0 spiro atoms. The van der Waals surface area contributed by atoms with E-state index in [9.17, 15) is 4.79 Å². The van der Waals surface area contributed by atoms with Gasteiger partial charge in [0.15, 0.2) is 0 Å². The number of hydrogen-bond acceptors (Lipinski definition) is 4. The highest BCUT2D eigenvalue weighted by molar-refractivity contribution is 7.15. The van der Waals surface area contributed by atoms with Crippen molar-refractivity contribution in [1.82, 2.24) is 0 Å². The van der Waals surface area contributed by atoms with Crippen LogP contribution in [0.2, 0.25) is 0 Å². The maximum Gasteiger partial charge on any atom is 0.252 e. The summed E-state index contributed by atoms with van der Waals surface area (Å²) in [5.74, 6) is 0.238. The first-order valence-corrected chi connectivity index (χ1v) is 6.91. The van der Waals surface area contributed by atoms with Crippen molar-refractivity contribution in [1.29, 1.82) is 0 Å². The van der Waals surface area contributed by atoms with Crippen molar-refractivity contribution in [2.24, 2.45) is 5.73 Å². The number of rotatable bonds is 5. The predicted molar refractivity (Wildman–Crippen MR) is 83.0 cm³/mol. The molecule has 0 fully saturated rings. The summed E-state index contributed by atoms with van der Waals surface area (Å²) in [6.45, 7) is 6.17. The number of amides is 1. The summed E-state index contributed by atoms with van der Waals surface area (Å²) in [4.78, 5) is 11.4. The molecule has 20 heavy (non-hydrogen) atoms. The van der Waals surface area contributed by atoms with Gasteiger partial charge in [0.1, 0.15) is 12.4 Å². The Hall–Kier alpha value is -2.27. The quantitative estimate of drug-likeness (QED) is 0.830. The maximum atomic E-state index is 11.4. The molecule has 2 aromatic rings. The second-order valence-electron chi connectivity index (χ2n) is 4.52. The molecule has 1 aromatic heterocycles. The zero-order valence-corrected chi connectivity index (χ0v) is 12.0. The van der Waals surface area contributed by atoms with Crippen molar-refractivity contribution in [3.05, 3.63) is 47.4 Å². The van der Waals surface area contributed by atoms with Gasteiger partial charge in [-0.15, -0.1) is 11.3 Å². The number of benzene rings is 1. The second kappa shape index (κ2) is 5.79. The topological polar surface area (TPSA) is 78.3 Å². The molecule has 104 valence electrons. The molecule has 0 unspecified atom stereocenters. The Bertz CT molecular complexity index is 644. The fourth-order valence-corrected chi connectivity index (χ4v) is 2.60. The summed E-state index contributed by atoms with van der Waals surface area (Å²) in [5, 5.41) is 2.27. The lowest BCUT2D eigenvalue weighted by atomic mass is 10.0. The molecule has 0 aliphatic carbocycles. The van der Waals surface area contributed by atoms with Crippen LogP contribution >= 0.6 is 11.3 Å². The van der Waals surface area contributed by atoms with E-state index in [1.165, 1.54) is 11.3 Å². The van der Waals surface area contributed by atoms with Crippen molar-refractivity contribution in [2.75, 3.05) is 12.3 Å². The smallest absolute Gasteiger partial charge is 0.252 e. The molecule has 0 saturated carbocycles. The van der Waals surface area contributed by atoms with Crippen molar-refractivity contribution in [3.63, 3.8) is 0 Å². The number of thiophene rings is 1. The van der Waals surface area contributed by atoms with Crippen LogP contribution in [0.25, 0.3) is 11.1 Å². The molecule has 0 aliphatic rings. The molecule has 0 saturated heterocycles. The first-order chi connectivity index (χ1) is 9.49. The lowest BCUT2D eigenvalue weighted by molar-refractivity contribution is 0.100. The maximum absolute atomic E-state index is 11.4. The van der Waals surface area contributed by atoms with Crippen molar-refractivity contribution >= 4 is 22.2 Å². The lowest BCUT2D eigenvalue weighted by Crippen LogP contribution is -2.12. The number of hydrogen-bond donors (Lipinski definition) is 2. The lowest BCUT2D eigenvalue weighted by Gasteiger charge is -2.07. The molecule has 0 bridgehead atoms. The molecule has 0 radical (unpaired) electrons. The van der Waals surface area contributed by atoms with Crippen LogP contribution in [0.5, 0.6) is 5.75 Å². The third kappa shape index (κ3) is 3.00. The van der Waals surface area contributed by atoms with E-state index < -0.39 is 5.91 Å². The van der Waals surface area contributed by atoms with Gasteiger partial charge in [0, 0.05) is 10.9 Å². The molecular formula is C15H16N2O2S. The number of carbonyl (C=O) groups excluding carboxylic acids is 1. The van der Waals surface area contributed by atoms with E-state index >= 15 is 0 Å². The van der Waals surface area contributed by atoms with Crippen LogP contribution in [0.4, 0.5) is 5.00 Å². The summed E-state index contributed by atoms with van der Waals surface area (Å²) in [7, 11) is 0. The summed E-state index contributed by atoms with van der Waals surface area (Å²) < 4.78 is 5.53. The monoisotopic (exact) mass is 288 g/mol. The SMILES string of the molecule is C=C(C)COc1ccc(-c2csc(N)c2C(N)=O)cc1. The van der Waals surface area contributed by atoms with Gasteiger partial charge >= 0.3 is 0 Å². The normalized spacial score (nSPS) is 10.2. The van der Waals surface area contributed by atoms with Crippen LogP contribution in [0, 0.1) is 0 Å². The molecule has 1 amide bonds. The predicted octanol–water partition coefficient (Wildman–Crippen LogP) is 3.05. The minimum absolute atomic E-state index is 0.380. The highest BCUT2D eigenvalue weighted by Gasteiger charge is 2.15. The van der Waals surface area contributed by atoms with Gasteiger partial charge in [0.05, 0.1) is 10.6 Å². The van der Waals surface area contributed by atoms with E-state index in [1.807, 2.05) is 36.6 Å². The summed E-state index contributed by atoms with van der Waals surface area (Å²) in [6, 6.07) is 7.44. The fraction of sp³-hybridized carbons (Fsp3) is 0.133. The Kier molecular flexibility index (Phi) is 4.10. The van der Waals surface area contributed by atoms with Crippen molar-refractivity contribution in [2.45, 2.75) is 6.92 Å². The number of nitrogens with two attached hydrogens (primary N) is 2. The number of primary amides is 1. The molecule has 4 nitrogen and oxygen atoms in total. The van der Waals surface area contributed by atoms with Crippen LogP contribution in [0.1, 0.15) is 17.3 Å².